The quantitative estimate of drug-likeness (QED) is 0.640. The van der Waals surface area contributed by atoms with Gasteiger partial charge in [-0.15, -0.1) is 0 Å². The molecule has 29 heavy (non-hydrogen) atoms. The molecule has 3 aromatic carbocycles. The summed E-state index contributed by atoms with van der Waals surface area (Å²) >= 11 is 0. The van der Waals surface area contributed by atoms with Crippen molar-refractivity contribution in [3.8, 4) is 0 Å². The van der Waals surface area contributed by atoms with Gasteiger partial charge in [0.15, 0.2) is 0 Å². The van der Waals surface area contributed by atoms with Crippen LogP contribution >= 0.6 is 0 Å². The van der Waals surface area contributed by atoms with E-state index in [9.17, 15) is 18.8 Å². The Morgan fingerprint density at radius 2 is 1.24 bits per heavy atom. The smallest absolute Gasteiger partial charge is 0.337 e. The van der Waals surface area contributed by atoms with Crippen LogP contribution < -0.4 is 10.6 Å². The molecule has 2 N–H and O–H groups in total. The minimum absolute atomic E-state index is 0.241. The molecule has 0 saturated heterocycles. The van der Waals surface area contributed by atoms with E-state index >= 15 is 0 Å². The SMILES string of the molecule is COC(=O)c1cccc(NC(=O)c2cccc(C(=O)Nc3cccc(F)c3)c2)c1. The molecule has 0 unspecified atom stereocenters. The van der Waals surface area contributed by atoms with Crippen molar-refractivity contribution < 1.29 is 23.5 Å². The van der Waals surface area contributed by atoms with Crippen molar-refractivity contribution in [2.75, 3.05) is 17.7 Å². The fourth-order valence-corrected chi connectivity index (χ4v) is 2.62. The lowest BCUT2D eigenvalue weighted by Gasteiger charge is -2.09. The molecule has 3 aromatic rings. The standard InChI is InChI=1S/C22H17FN2O4/c1-29-22(28)16-7-3-9-18(12-16)24-20(26)14-5-2-6-15(11-14)21(27)25-19-10-4-8-17(23)13-19/h2-13H,1H3,(H,24,26)(H,25,27). The van der Waals surface area contributed by atoms with Gasteiger partial charge in [-0.1, -0.05) is 18.2 Å². The molecular weight excluding hydrogens is 375 g/mol. The van der Waals surface area contributed by atoms with Crippen LogP contribution in [0.5, 0.6) is 0 Å². The van der Waals surface area contributed by atoms with E-state index in [-0.39, 0.29) is 11.1 Å². The van der Waals surface area contributed by atoms with Gasteiger partial charge in [-0.2, -0.15) is 0 Å². The largest absolute Gasteiger partial charge is 0.465 e. The molecule has 2 amide bonds. The summed E-state index contributed by atoms with van der Waals surface area (Å²) in [6.07, 6.45) is 0. The second-order valence-corrected chi connectivity index (χ2v) is 6.07. The predicted octanol–water partition coefficient (Wildman–Crippen LogP) is 4.12. The van der Waals surface area contributed by atoms with Gasteiger partial charge in [0, 0.05) is 22.5 Å². The first-order valence-electron chi connectivity index (χ1n) is 8.63. The third-order valence-corrected chi connectivity index (χ3v) is 4.01. The van der Waals surface area contributed by atoms with Crippen LogP contribution in [0.3, 0.4) is 0 Å². The fraction of sp³-hybridized carbons (Fsp3) is 0.0455. The fourth-order valence-electron chi connectivity index (χ4n) is 2.62. The number of nitrogens with one attached hydrogen (secondary N) is 2. The number of rotatable bonds is 5. The summed E-state index contributed by atoms with van der Waals surface area (Å²) in [6.45, 7) is 0. The van der Waals surface area contributed by atoms with E-state index in [4.69, 9.17) is 0 Å². The van der Waals surface area contributed by atoms with Gasteiger partial charge in [0.05, 0.1) is 12.7 Å². The number of carbonyl (C=O) groups is 3. The predicted molar refractivity (Wildman–Crippen MR) is 107 cm³/mol. The summed E-state index contributed by atoms with van der Waals surface area (Å²) in [7, 11) is 1.27. The van der Waals surface area contributed by atoms with Crippen molar-refractivity contribution in [3.63, 3.8) is 0 Å². The highest BCUT2D eigenvalue weighted by Gasteiger charge is 2.13. The van der Waals surface area contributed by atoms with E-state index in [2.05, 4.69) is 15.4 Å². The van der Waals surface area contributed by atoms with Crippen molar-refractivity contribution in [2.24, 2.45) is 0 Å². The van der Waals surface area contributed by atoms with Crippen LogP contribution in [0.1, 0.15) is 31.1 Å². The van der Waals surface area contributed by atoms with E-state index in [0.717, 1.165) is 0 Å². The molecule has 0 bridgehead atoms. The number of esters is 1. The van der Waals surface area contributed by atoms with E-state index < -0.39 is 23.6 Å². The van der Waals surface area contributed by atoms with Gasteiger partial charge in [0.25, 0.3) is 11.8 Å². The molecule has 0 aliphatic rings. The number of ether oxygens (including phenoxy) is 1. The van der Waals surface area contributed by atoms with Crippen LogP contribution in [0.15, 0.2) is 72.8 Å². The normalized spacial score (nSPS) is 10.1. The van der Waals surface area contributed by atoms with Crippen molar-refractivity contribution in [1.82, 2.24) is 0 Å². The maximum absolute atomic E-state index is 13.3. The van der Waals surface area contributed by atoms with Crippen LogP contribution in [0.25, 0.3) is 0 Å². The first-order valence-corrected chi connectivity index (χ1v) is 8.63. The monoisotopic (exact) mass is 392 g/mol. The number of hydrogen-bond donors (Lipinski definition) is 2. The molecule has 3 rings (SSSR count). The molecule has 0 atom stereocenters. The van der Waals surface area contributed by atoms with Crippen LogP contribution in [0.2, 0.25) is 0 Å². The molecular formula is C22H17FN2O4. The van der Waals surface area contributed by atoms with Gasteiger partial charge in [0.2, 0.25) is 0 Å². The Balaban J connectivity index is 1.74. The van der Waals surface area contributed by atoms with Crippen molar-refractivity contribution in [1.29, 1.82) is 0 Å². The van der Waals surface area contributed by atoms with Crippen LogP contribution in [-0.4, -0.2) is 24.9 Å². The minimum atomic E-state index is -0.517. The molecule has 0 heterocycles. The Hall–Kier alpha value is -4.00. The Kier molecular flexibility index (Phi) is 5.99. The molecule has 7 heteroatoms. The Morgan fingerprint density at radius 1 is 0.724 bits per heavy atom. The van der Waals surface area contributed by atoms with Crippen molar-refractivity contribution in [3.05, 3.63) is 95.3 Å². The maximum Gasteiger partial charge on any atom is 0.337 e. The lowest BCUT2D eigenvalue weighted by molar-refractivity contribution is 0.0600. The topological polar surface area (TPSA) is 84.5 Å². The maximum atomic E-state index is 13.3. The highest BCUT2D eigenvalue weighted by atomic mass is 19.1. The third-order valence-electron chi connectivity index (χ3n) is 4.01. The number of carbonyl (C=O) groups excluding carboxylic acids is 3. The number of anilines is 2. The summed E-state index contributed by atoms with van der Waals surface area (Å²) in [5.41, 5.74) is 1.51. The van der Waals surface area contributed by atoms with Gasteiger partial charge in [-0.3, -0.25) is 9.59 Å². The minimum Gasteiger partial charge on any atom is -0.465 e. The molecule has 0 saturated carbocycles. The van der Waals surface area contributed by atoms with Gasteiger partial charge in [-0.25, -0.2) is 9.18 Å². The van der Waals surface area contributed by atoms with Gasteiger partial charge < -0.3 is 15.4 Å². The zero-order valence-electron chi connectivity index (χ0n) is 15.4. The second-order valence-electron chi connectivity index (χ2n) is 6.07. The highest BCUT2D eigenvalue weighted by Crippen LogP contribution is 2.15. The van der Waals surface area contributed by atoms with E-state index in [1.54, 1.807) is 42.5 Å². The van der Waals surface area contributed by atoms with Crippen molar-refractivity contribution in [2.45, 2.75) is 0 Å². The number of halogens is 1. The number of benzene rings is 3. The molecule has 6 nitrogen and oxygen atoms in total. The summed E-state index contributed by atoms with van der Waals surface area (Å²) in [5.74, 6) is -1.91. The zero-order chi connectivity index (χ0) is 20.8. The highest BCUT2D eigenvalue weighted by molar-refractivity contribution is 6.09. The van der Waals surface area contributed by atoms with E-state index in [1.165, 1.54) is 37.4 Å². The van der Waals surface area contributed by atoms with Gasteiger partial charge >= 0.3 is 5.97 Å². The first kappa shape index (κ1) is 19.8. The van der Waals surface area contributed by atoms with Crippen LogP contribution in [-0.2, 0) is 4.74 Å². The summed E-state index contributed by atoms with van der Waals surface area (Å²) in [5, 5.41) is 5.25. The van der Waals surface area contributed by atoms with E-state index in [0.29, 0.717) is 16.9 Å². The average molecular weight is 392 g/mol. The average Bonchev–Trinajstić information content (AvgIpc) is 2.73. The Bertz CT molecular complexity index is 1080. The summed E-state index contributed by atoms with van der Waals surface area (Å²) < 4.78 is 17.9. The Labute approximate surface area is 166 Å². The lowest BCUT2D eigenvalue weighted by atomic mass is 10.1. The molecule has 0 fully saturated rings. The number of hydrogen-bond acceptors (Lipinski definition) is 4. The van der Waals surface area contributed by atoms with E-state index in [1.807, 2.05) is 0 Å². The Morgan fingerprint density at radius 3 is 1.83 bits per heavy atom. The van der Waals surface area contributed by atoms with Gasteiger partial charge in [0.1, 0.15) is 5.82 Å². The van der Waals surface area contributed by atoms with Crippen molar-refractivity contribution >= 4 is 29.2 Å². The third kappa shape index (κ3) is 5.04. The number of amides is 2. The molecule has 0 spiro atoms. The zero-order valence-corrected chi connectivity index (χ0v) is 15.4. The molecule has 146 valence electrons. The first-order chi connectivity index (χ1) is 14.0. The summed E-state index contributed by atoms with van der Waals surface area (Å²) in [4.78, 5) is 36.5. The summed E-state index contributed by atoms with van der Waals surface area (Å²) in [6, 6.07) is 17.9. The van der Waals surface area contributed by atoms with Crippen LogP contribution in [0.4, 0.5) is 15.8 Å². The molecule has 0 radical (unpaired) electrons. The second kappa shape index (κ2) is 8.79. The van der Waals surface area contributed by atoms with Crippen LogP contribution in [0, 0.1) is 5.82 Å². The van der Waals surface area contributed by atoms with Gasteiger partial charge in [-0.05, 0) is 54.6 Å². The number of methoxy groups -OCH3 is 1. The molecule has 0 aliphatic carbocycles. The lowest BCUT2D eigenvalue weighted by Crippen LogP contribution is -2.16. The molecule has 0 aromatic heterocycles. The molecule has 0 aliphatic heterocycles.